The van der Waals surface area contributed by atoms with Gasteiger partial charge in [0.2, 0.25) is 0 Å². The molecule has 0 bridgehead atoms. The largest absolute Gasteiger partial charge is 0.493 e. The molecule has 0 saturated carbocycles. The fraction of sp³-hybridized carbons (Fsp3) is 0.480. The van der Waals surface area contributed by atoms with E-state index in [1.165, 1.54) is 12.1 Å². The van der Waals surface area contributed by atoms with Crippen molar-refractivity contribution in [2.75, 3.05) is 20.3 Å². The second kappa shape index (κ2) is 12.9. The average molecular weight is 434 g/mol. The Hall–Kier alpha value is -2.63. The molecule has 0 unspecified atom stereocenters. The van der Waals surface area contributed by atoms with Crippen LogP contribution in [0, 0.1) is 11.6 Å². The molecule has 6 heteroatoms. The molecule has 0 aliphatic heterocycles. The van der Waals surface area contributed by atoms with Crippen molar-refractivity contribution in [1.29, 1.82) is 0 Å². The van der Waals surface area contributed by atoms with Gasteiger partial charge in [-0.3, -0.25) is 4.79 Å². The second-order valence-corrected chi connectivity index (χ2v) is 7.59. The average Bonchev–Trinajstić information content (AvgIpc) is 2.77. The number of unbranched alkanes of at least 4 members (excludes halogenated alkanes) is 4. The molecule has 0 fully saturated rings. The van der Waals surface area contributed by atoms with E-state index < -0.39 is 11.6 Å². The topological polar surface area (TPSA) is 38.8 Å². The summed E-state index contributed by atoms with van der Waals surface area (Å²) in [5, 5.41) is 0. The minimum absolute atomic E-state index is 0.0774. The van der Waals surface area contributed by atoms with Crippen LogP contribution in [0.2, 0.25) is 0 Å². The van der Waals surface area contributed by atoms with Crippen LogP contribution in [0.15, 0.2) is 36.4 Å². The van der Waals surface area contributed by atoms with E-state index in [1.54, 1.807) is 18.1 Å². The first-order valence-corrected chi connectivity index (χ1v) is 11.0. The van der Waals surface area contributed by atoms with E-state index in [0.717, 1.165) is 50.2 Å². The van der Waals surface area contributed by atoms with Gasteiger partial charge in [-0.25, -0.2) is 8.78 Å². The molecule has 2 aromatic carbocycles. The van der Waals surface area contributed by atoms with E-state index in [2.05, 4.69) is 6.92 Å². The molecule has 31 heavy (non-hydrogen) atoms. The van der Waals surface area contributed by atoms with Crippen molar-refractivity contribution in [1.82, 2.24) is 4.90 Å². The number of nitrogens with zero attached hydrogens (tertiary/aromatic N) is 1. The maximum absolute atomic E-state index is 14.2. The summed E-state index contributed by atoms with van der Waals surface area (Å²) in [6.07, 6.45) is 6.07. The molecule has 0 saturated heterocycles. The van der Waals surface area contributed by atoms with Gasteiger partial charge in [0.05, 0.1) is 7.11 Å². The van der Waals surface area contributed by atoms with Gasteiger partial charge in [-0.05, 0) is 36.6 Å². The van der Waals surface area contributed by atoms with Crippen molar-refractivity contribution in [2.24, 2.45) is 0 Å². The van der Waals surface area contributed by atoms with E-state index in [0.29, 0.717) is 18.0 Å². The summed E-state index contributed by atoms with van der Waals surface area (Å²) in [5.74, 6) is -0.473. The second-order valence-electron chi connectivity index (χ2n) is 7.59. The Morgan fingerprint density at radius 3 is 2.42 bits per heavy atom. The molecule has 0 aliphatic carbocycles. The van der Waals surface area contributed by atoms with Crippen LogP contribution in [0.3, 0.4) is 0 Å². The zero-order valence-electron chi connectivity index (χ0n) is 18.8. The van der Waals surface area contributed by atoms with Crippen LogP contribution in [0.25, 0.3) is 0 Å². The Kier molecular flexibility index (Phi) is 10.3. The molecule has 170 valence electrons. The molecule has 0 heterocycles. The maximum Gasteiger partial charge on any atom is 0.260 e. The van der Waals surface area contributed by atoms with Crippen LogP contribution in [-0.4, -0.2) is 31.1 Å². The van der Waals surface area contributed by atoms with Gasteiger partial charge in [0.1, 0.15) is 11.6 Å². The highest BCUT2D eigenvalue weighted by molar-refractivity contribution is 5.78. The van der Waals surface area contributed by atoms with Crippen LogP contribution in [-0.2, 0) is 17.8 Å². The predicted molar refractivity (Wildman–Crippen MR) is 118 cm³/mol. The Morgan fingerprint density at radius 1 is 0.968 bits per heavy atom. The number of benzene rings is 2. The van der Waals surface area contributed by atoms with Crippen molar-refractivity contribution in [3.05, 3.63) is 59.2 Å². The van der Waals surface area contributed by atoms with Gasteiger partial charge >= 0.3 is 0 Å². The lowest BCUT2D eigenvalue weighted by Gasteiger charge is -2.23. The highest BCUT2D eigenvalue weighted by Gasteiger charge is 2.18. The minimum atomic E-state index is -0.651. The van der Waals surface area contributed by atoms with Gasteiger partial charge in [-0.1, -0.05) is 51.7 Å². The minimum Gasteiger partial charge on any atom is -0.493 e. The monoisotopic (exact) mass is 433 g/mol. The Labute approximate surface area is 184 Å². The summed E-state index contributed by atoms with van der Waals surface area (Å²) in [4.78, 5) is 14.5. The van der Waals surface area contributed by atoms with Crippen LogP contribution in [0.5, 0.6) is 11.5 Å². The van der Waals surface area contributed by atoms with Crippen molar-refractivity contribution in [3.63, 3.8) is 0 Å². The highest BCUT2D eigenvalue weighted by atomic mass is 19.1. The first-order chi connectivity index (χ1) is 15.0. The number of halogens is 2. The summed E-state index contributed by atoms with van der Waals surface area (Å²) >= 11 is 0. The van der Waals surface area contributed by atoms with Crippen LogP contribution in [0.1, 0.15) is 57.1 Å². The zero-order valence-corrected chi connectivity index (χ0v) is 18.8. The first kappa shape index (κ1) is 24.6. The van der Waals surface area contributed by atoms with Gasteiger partial charge in [0.15, 0.2) is 18.1 Å². The number of rotatable bonds is 13. The predicted octanol–water partition coefficient (Wildman–Crippen LogP) is 5.91. The quantitative estimate of drug-likeness (QED) is 0.369. The molecule has 0 N–H and O–H groups in total. The number of ether oxygens (including phenoxy) is 2. The van der Waals surface area contributed by atoms with Crippen LogP contribution >= 0.6 is 0 Å². The lowest BCUT2D eigenvalue weighted by atomic mass is 10.1. The molecule has 0 aliphatic rings. The van der Waals surface area contributed by atoms with E-state index in [-0.39, 0.29) is 24.6 Å². The van der Waals surface area contributed by atoms with E-state index in [9.17, 15) is 13.6 Å². The number of carbonyl (C=O) groups excluding carboxylic acids is 1. The molecule has 1 amide bonds. The Balaban J connectivity index is 2.06. The first-order valence-electron chi connectivity index (χ1n) is 11.0. The Bertz CT molecular complexity index is 842. The fourth-order valence-corrected chi connectivity index (χ4v) is 3.34. The number of methoxy groups -OCH3 is 1. The SMILES string of the molecule is CCCCCCCN(Cc1ccc(F)cc1F)C(=O)COc1ccc(CC)cc1OC. The lowest BCUT2D eigenvalue weighted by Crippen LogP contribution is -2.35. The zero-order chi connectivity index (χ0) is 22.6. The smallest absolute Gasteiger partial charge is 0.260 e. The maximum atomic E-state index is 14.2. The van der Waals surface area contributed by atoms with Gasteiger partial charge < -0.3 is 14.4 Å². The molecule has 0 spiro atoms. The third-order valence-corrected chi connectivity index (χ3v) is 5.25. The van der Waals surface area contributed by atoms with Gasteiger partial charge in [-0.15, -0.1) is 0 Å². The van der Waals surface area contributed by atoms with Crippen molar-refractivity contribution < 1.29 is 23.0 Å². The van der Waals surface area contributed by atoms with Crippen molar-refractivity contribution in [2.45, 2.75) is 58.9 Å². The van der Waals surface area contributed by atoms with Gasteiger partial charge in [0.25, 0.3) is 5.91 Å². The van der Waals surface area contributed by atoms with Crippen LogP contribution in [0.4, 0.5) is 8.78 Å². The number of hydrogen-bond acceptors (Lipinski definition) is 3. The normalized spacial score (nSPS) is 10.7. The number of aryl methyl sites for hydroxylation is 1. The third kappa shape index (κ3) is 7.85. The number of hydrogen-bond donors (Lipinski definition) is 0. The summed E-state index contributed by atoms with van der Waals surface area (Å²) < 4.78 is 38.5. The lowest BCUT2D eigenvalue weighted by molar-refractivity contribution is -0.134. The summed E-state index contributed by atoms with van der Waals surface area (Å²) in [7, 11) is 1.56. The molecular weight excluding hydrogens is 400 g/mol. The molecule has 2 aromatic rings. The summed E-state index contributed by atoms with van der Waals surface area (Å²) in [6, 6.07) is 9.05. The molecule has 4 nitrogen and oxygen atoms in total. The molecule has 0 aromatic heterocycles. The molecule has 0 radical (unpaired) electrons. The van der Waals surface area contributed by atoms with Crippen molar-refractivity contribution in [3.8, 4) is 11.5 Å². The highest BCUT2D eigenvalue weighted by Crippen LogP contribution is 2.28. The van der Waals surface area contributed by atoms with Crippen molar-refractivity contribution >= 4 is 5.91 Å². The fourth-order valence-electron chi connectivity index (χ4n) is 3.34. The number of amides is 1. The molecule has 0 atom stereocenters. The van der Waals surface area contributed by atoms with E-state index >= 15 is 0 Å². The van der Waals surface area contributed by atoms with Gasteiger partial charge in [-0.2, -0.15) is 0 Å². The summed E-state index contributed by atoms with van der Waals surface area (Å²) in [6.45, 7) is 4.58. The third-order valence-electron chi connectivity index (χ3n) is 5.25. The van der Waals surface area contributed by atoms with E-state index in [4.69, 9.17) is 9.47 Å². The molecular formula is C25H33F2NO3. The van der Waals surface area contributed by atoms with Gasteiger partial charge in [0, 0.05) is 24.7 Å². The van der Waals surface area contributed by atoms with Crippen LogP contribution < -0.4 is 9.47 Å². The standard InChI is InChI=1S/C25H33F2NO3/c1-4-6-7-8-9-14-28(17-20-11-12-21(26)16-22(20)27)25(29)18-31-23-13-10-19(5-2)15-24(23)30-3/h10-13,15-16H,4-9,14,17-18H2,1-3H3. The molecule has 2 rings (SSSR count). The van der Waals surface area contributed by atoms with E-state index in [1.807, 2.05) is 19.1 Å². The Morgan fingerprint density at radius 2 is 1.74 bits per heavy atom. The number of carbonyl (C=O) groups is 1. The summed E-state index contributed by atoms with van der Waals surface area (Å²) in [5.41, 5.74) is 1.39.